The Morgan fingerprint density at radius 2 is 0.677 bits per heavy atom. The molecule has 5 aromatic carbocycles. The van der Waals surface area contributed by atoms with E-state index in [0.717, 1.165) is 52.9 Å². The van der Waals surface area contributed by atoms with Crippen LogP contribution in [0.2, 0.25) is 0 Å². The molecule has 8 aliphatic rings. The molecular weight excluding hydrogens is 1540 g/mol. The predicted octanol–water partition coefficient (Wildman–Crippen LogP) is 4.89. The average Bonchev–Trinajstić information content (AvgIpc) is 1.75. The molecule has 16 rings (SSSR count). The van der Waals surface area contributed by atoms with Gasteiger partial charge in [-0.2, -0.15) is 0 Å². The summed E-state index contributed by atoms with van der Waals surface area (Å²) in [6, 6.07) is 38.2. The number of ether oxygens (including phenoxy) is 13. The van der Waals surface area contributed by atoms with Gasteiger partial charge in [0.05, 0.1) is 103 Å². The molecule has 8 aliphatic heterocycles. The number of carbonyl (C=O) groups is 2. The van der Waals surface area contributed by atoms with Crippen molar-refractivity contribution >= 4 is 57.0 Å². The first-order valence-corrected chi connectivity index (χ1v) is 32.2. The summed E-state index contributed by atoms with van der Waals surface area (Å²) >= 11 is 4.57. The van der Waals surface area contributed by atoms with Gasteiger partial charge in [-0.05, 0) is 167 Å². The molecule has 0 atom stereocenters. The zero-order chi connectivity index (χ0) is 63.8. The highest BCUT2D eigenvalue weighted by Gasteiger charge is 2.21. The van der Waals surface area contributed by atoms with Crippen LogP contribution in [0, 0.1) is 7.40 Å². The Morgan fingerprint density at radius 1 is 0.387 bits per heavy atom. The van der Waals surface area contributed by atoms with Crippen molar-refractivity contribution in [1.82, 2.24) is 40.6 Å². The number of benzene rings is 5. The fraction of sp³-hybridized carbons (Fsp3) is 0.348. The highest BCUT2D eigenvalue weighted by atomic mass is 127. The molecule has 0 fully saturated rings. The monoisotopic (exact) mass is 1610 g/mol. The van der Waals surface area contributed by atoms with E-state index in [4.69, 9.17) is 61.6 Å². The first-order chi connectivity index (χ1) is 45.2. The molecule has 16 bridgehead atoms. The molecule has 0 unspecified atom stereocenters. The van der Waals surface area contributed by atoms with Crippen molar-refractivity contribution < 1.29 is 99.7 Å². The fourth-order valence-corrected chi connectivity index (χ4v) is 10.3. The van der Waals surface area contributed by atoms with Crippen LogP contribution in [0.15, 0.2) is 152 Å². The Morgan fingerprint density at radius 3 is 1.02 bits per heavy atom. The smallest absolute Gasteiger partial charge is 0.251 e. The number of nitrogens with one attached hydrogen (secondary N) is 2. The molecule has 0 saturated heterocycles. The van der Waals surface area contributed by atoms with Crippen molar-refractivity contribution in [3.63, 3.8) is 0 Å². The number of aryl methyl sites for hydroxylation is 1. The number of hydrogen-bond acceptors (Lipinski definition) is 19. The van der Waals surface area contributed by atoms with Gasteiger partial charge in [0.2, 0.25) is 0 Å². The first-order valence-electron chi connectivity index (χ1n) is 30.0. The van der Waals surface area contributed by atoms with Crippen molar-refractivity contribution in [2.24, 2.45) is 7.05 Å². The summed E-state index contributed by atoms with van der Waals surface area (Å²) in [6.07, 6.45) is 7.91. The number of aromatic nitrogens is 7. The Bertz CT molecular complexity index is 3330. The van der Waals surface area contributed by atoms with Gasteiger partial charge >= 0.3 is 0 Å². The largest absolute Gasteiger partial charge is 1.00 e. The van der Waals surface area contributed by atoms with Crippen LogP contribution >= 0.6 is 45.2 Å². The normalized spacial score (nSPS) is 16.3. The Labute approximate surface area is 584 Å². The highest BCUT2D eigenvalue weighted by molar-refractivity contribution is 14.1. The standard InChI is InChI=1S/C34H36I2N7O6.C32H38N2O9.HI/c1-41-23-25-22-26(24-41)32-34(36)43(40-38-32)13-17-47-28-6-10-30(11-7-28)49-21-19-45-15-3-2-14-44-18-20-48-29-8-4-27(5-9-29)46-16-12-42-33(35)31(25)37-39-42;35-31-25-2-1-3-26(24-25)32(36)34-13-15-41-28-6-10-30(11-7-28)43-23-21-39-19-17-37-16-18-38-20-22-42-29-8-4-27(5-9-29)40-14-12-33-31;/h2-11,22-24H,12-21H2,1H3;1-11,24H,12-23H2,(H,33,35)(H,34,36);1H/q+1;;/p-1/b3-2+;;. The van der Waals surface area contributed by atoms with Gasteiger partial charge in [0.25, 0.3) is 11.8 Å². The lowest BCUT2D eigenvalue weighted by Crippen LogP contribution is -3.00. The van der Waals surface area contributed by atoms with Crippen LogP contribution in [-0.4, -0.2) is 174 Å². The number of amides is 2. The quantitative estimate of drug-likeness (QED) is 0.117. The molecule has 2 amide bonds. The highest BCUT2D eigenvalue weighted by Crippen LogP contribution is 2.29. The summed E-state index contributed by atoms with van der Waals surface area (Å²) in [5.41, 5.74) is 4.19. The number of nitrogens with zero attached hydrogens (tertiary/aromatic N) is 7. The van der Waals surface area contributed by atoms with E-state index < -0.39 is 0 Å². The molecule has 24 nitrogen and oxygen atoms in total. The lowest BCUT2D eigenvalue weighted by molar-refractivity contribution is -0.670. The molecule has 0 spiro atoms. The van der Waals surface area contributed by atoms with E-state index in [1.54, 1.807) is 48.5 Å². The maximum Gasteiger partial charge on any atom is 0.251 e. The number of hydrogen-bond donors (Lipinski definition) is 2. The van der Waals surface area contributed by atoms with Gasteiger partial charge in [-0.3, -0.25) is 9.59 Å². The summed E-state index contributed by atoms with van der Waals surface area (Å²) in [5.74, 6) is 5.12. The molecule has 0 saturated carbocycles. The molecule has 8 aromatic rings. The molecule has 93 heavy (non-hydrogen) atoms. The van der Waals surface area contributed by atoms with Crippen LogP contribution in [-0.2, 0) is 43.8 Å². The Balaban J connectivity index is 0.000000239. The first kappa shape index (κ1) is 71.4. The van der Waals surface area contributed by atoms with E-state index in [1.807, 2.05) is 118 Å². The van der Waals surface area contributed by atoms with Crippen LogP contribution in [0.4, 0.5) is 0 Å². The van der Waals surface area contributed by atoms with Gasteiger partial charge in [-0.15, -0.1) is 10.2 Å². The second-order valence-corrected chi connectivity index (χ2v) is 22.2. The number of pyridine rings is 1. The molecule has 0 aliphatic carbocycles. The number of halogens is 3. The molecule has 27 heteroatoms. The summed E-state index contributed by atoms with van der Waals surface area (Å²) in [4.78, 5) is 25.2. The van der Waals surface area contributed by atoms with E-state index in [9.17, 15) is 9.59 Å². The van der Waals surface area contributed by atoms with Gasteiger partial charge in [-0.25, -0.2) is 13.9 Å². The number of carbonyl (C=O) groups excluding carboxylic acids is 2. The van der Waals surface area contributed by atoms with Crippen LogP contribution < -0.4 is 77.1 Å². The van der Waals surface area contributed by atoms with Crippen molar-refractivity contribution in [3.05, 3.63) is 170 Å². The van der Waals surface area contributed by atoms with Gasteiger partial charge in [0, 0.05) is 11.1 Å². The van der Waals surface area contributed by atoms with Gasteiger partial charge < -0.3 is 96.2 Å². The minimum atomic E-state index is -0.295. The topological polar surface area (TPSA) is 243 Å². The van der Waals surface area contributed by atoms with Crippen LogP contribution in [0.1, 0.15) is 20.7 Å². The SMILES string of the molecule is C[n+]1cc2cc(c1)-c1nnn(c1I)CCOc1ccc(cc1)OCCOC/C=C/COCCOc1ccc(cc1)OCCn1nnc-2c1I.O=C1NCCOc2ccc(cc2)OCCOCCOCCOCCOc2ccc(cc2)OCCNC(=O)c2cccc1c2.[I-]. The molecule has 11 heterocycles. The predicted molar refractivity (Wildman–Crippen MR) is 355 cm³/mol. The second-order valence-electron chi connectivity index (χ2n) is 20.1. The lowest BCUT2D eigenvalue weighted by Gasteiger charge is -2.11. The molecule has 2 N–H and O–H groups in total. The minimum absolute atomic E-state index is 0. The van der Waals surface area contributed by atoms with Gasteiger partial charge in [-0.1, -0.05) is 28.6 Å². The third kappa shape index (κ3) is 24.5. The van der Waals surface area contributed by atoms with Gasteiger partial charge in [0.1, 0.15) is 125 Å². The fourth-order valence-electron chi connectivity index (χ4n) is 8.77. The van der Waals surface area contributed by atoms with Crippen molar-refractivity contribution in [2.75, 3.05) is 132 Å². The van der Waals surface area contributed by atoms with Crippen molar-refractivity contribution in [3.8, 4) is 68.5 Å². The van der Waals surface area contributed by atoms with Crippen molar-refractivity contribution in [2.45, 2.75) is 13.1 Å². The van der Waals surface area contributed by atoms with Crippen LogP contribution in [0.25, 0.3) is 22.5 Å². The molecule has 0 radical (unpaired) electrons. The summed E-state index contributed by atoms with van der Waals surface area (Å²) < 4.78 is 81.7. The number of rotatable bonds is 0. The summed E-state index contributed by atoms with van der Waals surface area (Å²) in [5, 5.41) is 23.4. The summed E-state index contributed by atoms with van der Waals surface area (Å²) in [7, 11) is 1.98. The molecular formula is C66H74I3N9O15. The Kier molecular flexibility index (Phi) is 30.7. The second kappa shape index (κ2) is 40.0. The van der Waals surface area contributed by atoms with E-state index in [-0.39, 0.29) is 49.0 Å². The van der Waals surface area contributed by atoms with E-state index in [2.05, 4.69) is 82.5 Å². The van der Waals surface area contributed by atoms with Gasteiger partial charge in [0.15, 0.2) is 12.4 Å². The third-order valence-corrected chi connectivity index (χ3v) is 15.5. The van der Waals surface area contributed by atoms with E-state index in [1.165, 1.54) is 0 Å². The molecule has 3 aromatic heterocycles. The summed E-state index contributed by atoms with van der Waals surface area (Å²) in [6.45, 7) is 9.51. The minimum Gasteiger partial charge on any atom is -1.00 e. The lowest BCUT2D eigenvalue weighted by atomic mass is 10.1. The maximum absolute atomic E-state index is 12.6. The average molecular weight is 1610 g/mol. The Hall–Kier alpha value is -7.40. The molecule has 494 valence electrons. The maximum atomic E-state index is 12.6. The van der Waals surface area contributed by atoms with E-state index >= 15 is 0 Å². The van der Waals surface area contributed by atoms with Crippen LogP contribution in [0.5, 0.6) is 46.0 Å². The van der Waals surface area contributed by atoms with E-state index in [0.29, 0.717) is 166 Å². The van der Waals surface area contributed by atoms with Crippen molar-refractivity contribution in [1.29, 1.82) is 0 Å². The van der Waals surface area contributed by atoms with Crippen LogP contribution in [0.3, 0.4) is 0 Å². The third-order valence-electron chi connectivity index (χ3n) is 13.4. The zero-order valence-corrected chi connectivity index (χ0v) is 57.9. The zero-order valence-electron chi connectivity index (χ0n) is 51.4.